The second-order valence-electron chi connectivity index (χ2n) is 4.55. The average molecular weight is 231 g/mol. The van der Waals surface area contributed by atoms with E-state index in [-0.39, 0.29) is 0 Å². The van der Waals surface area contributed by atoms with E-state index >= 15 is 0 Å². The summed E-state index contributed by atoms with van der Waals surface area (Å²) in [5, 5.41) is 8.96. The van der Waals surface area contributed by atoms with Crippen molar-refractivity contribution in [1.29, 1.82) is 5.26 Å². The smallest absolute Gasteiger partial charge is 0.185 e. The number of hydrogen-bond acceptors (Lipinski definition) is 2. The molecule has 1 atom stereocenters. The largest absolute Gasteiger partial charge is 0.399 e. The van der Waals surface area contributed by atoms with Gasteiger partial charge in [-0.1, -0.05) is 36.4 Å². The number of hydrogen-bond donors (Lipinski definition) is 0. The lowest BCUT2D eigenvalue weighted by Gasteiger charge is -2.19. The van der Waals surface area contributed by atoms with Crippen LogP contribution in [0.2, 0.25) is 19.6 Å². The maximum Gasteiger partial charge on any atom is 0.185 e. The fraction of sp³-hybridized carbons (Fsp3) is 0.308. The summed E-state index contributed by atoms with van der Waals surface area (Å²) in [5.41, 5.74) is 1.09. The third-order valence-corrected chi connectivity index (χ3v) is 2.83. The fourth-order valence-electron chi connectivity index (χ4n) is 1.25. The van der Waals surface area contributed by atoms with E-state index in [2.05, 4.69) is 25.7 Å². The average Bonchev–Trinajstić information content (AvgIpc) is 2.24. The molecule has 0 aliphatic heterocycles. The molecule has 1 aromatic rings. The van der Waals surface area contributed by atoms with Crippen molar-refractivity contribution in [3.05, 3.63) is 42.0 Å². The van der Waals surface area contributed by atoms with Crippen LogP contribution in [0, 0.1) is 11.3 Å². The Bertz CT molecular complexity index is 387. The van der Waals surface area contributed by atoms with E-state index < -0.39 is 14.4 Å². The summed E-state index contributed by atoms with van der Waals surface area (Å²) in [7, 11) is -1.65. The van der Waals surface area contributed by atoms with Gasteiger partial charge in [0.1, 0.15) is 0 Å². The Kier molecular flexibility index (Phi) is 4.48. The highest BCUT2D eigenvalue weighted by Crippen LogP contribution is 2.09. The van der Waals surface area contributed by atoms with Crippen molar-refractivity contribution in [3.8, 4) is 6.07 Å². The highest BCUT2D eigenvalue weighted by molar-refractivity contribution is 6.69. The van der Waals surface area contributed by atoms with E-state index in [1.807, 2.05) is 42.5 Å². The second-order valence-corrected chi connectivity index (χ2v) is 9.01. The summed E-state index contributed by atoms with van der Waals surface area (Å²) < 4.78 is 5.70. The molecule has 3 heteroatoms. The molecular formula is C13H17NOSi. The molecule has 0 radical (unpaired) electrons. The van der Waals surface area contributed by atoms with Gasteiger partial charge in [0.15, 0.2) is 14.4 Å². The van der Waals surface area contributed by atoms with Gasteiger partial charge < -0.3 is 4.43 Å². The van der Waals surface area contributed by atoms with Gasteiger partial charge in [-0.15, -0.1) is 0 Å². The Morgan fingerprint density at radius 2 is 1.88 bits per heavy atom. The molecule has 1 rings (SSSR count). The molecule has 84 valence electrons. The predicted molar refractivity (Wildman–Crippen MR) is 69.3 cm³/mol. The first-order valence-corrected chi connectivity index (χ1v) is 8.73. The number of nitrogens with zero attached hydrogens (tertiary/aromatic N) is 1. The monoisotopic (exact) mass is 231 g/mol. The van der Waals surface area contributed by atoms with Crippen molar-refractivity contribution >= 4 is 14.4 Å². The molecular weight excluding hydrogens is 214 g/mol. The molecule has 1 aromatic carbocycles. The number of nitriles is 1. The van der Waals surface area contributed by atoms with Crippen LogP contribution in [0.15, 0.2) is 36.4 Å². The van der Waals surface area contributed by atoms with Crippen LogP contribution < -0.4 is 0 Å². The second kappa shape index (κ2) is 5.64. The van der Waals surface area contributed by atoms with Gasteiger partial charge in [0.2, 0.25) is 0 Å². The highest BCUT2D eigenvalue weighted by atomic mass is 28.4. The van der Waals surface area contributed by atoms with Crippen molar-refractivity contribution in [3.63, 3.8) is 0 Å². The minimum atomic E-state index is -1.65. The van der Waals surface area contributed by atoms with E-state index in [1.54, 1.807) is 0 Å². The molecule has 0 aromatic heterocycles. The van der Waals surface area contributed by atoms with Crippen LogP contribution in [0.1, 0.15) is 5.56 Å². The Morgan fingerprint density at radius 3 is 2.38 bits per heavy atom. The highest BCUT2D eigenvalue weighted by Gasteiger charge is 2.18. The quantitative estimate of drug-likeness (QED) is 0.744. The molecule has 0 unspecified atom stereocenters. The Labute approximate surface area is 98.3 Å². The van der Waals surface area contributed by atoms with Crippen molar-refractivity contribution in [2.24, 2.45) is 0 Å². The van der Waals surface area contributed by atoms with Crippen LogP contribution in [0.25, 0.3) is 6.08 Å². The van der Waals surface area contributed by atoms with Crippen molar-refractivity contribution in [1.82, 2.24) is 0 Å². The molecule has 2 nitrogen and oxygen atoms in total. The predicted octanol–water partition coefficient (Wildman–Crippen LogP) is 3.44. The molecule has 0 fully saturated rings. The van der Waals surface area contributed by atoms with Gasteiger partial charge in [-0.3, -0.25) is 0 Å². The molecule has 0 amide bonds. The van der Waals surface area contributed by atoms with Crippen LogP contribution in [0.4, 0.5) is 0 Å². The first kappa shape index (κ1) is 12.7. The van der Waals surface area contributed by atoms with E-state index in [1.165, 1.54) is 0 Å². The first-order valence-electron chi connectivity index (χ1n) is 5.32. The van der Waals surface area contributed by atoms with Gasteiger partial charge in [0, 0.05) is 0 Å². The minimum Gasteiger partial charge on any atom is -0.399 e. The van der Waals surface area contributed by atoms with Crippen LogP contribution in [-0.2, 0) is 4.43 Å². The molecule has 0 spiro atoms. The van der Waals surface area contributed by atoms with E-state index in [4.69, 9.17) is 9.69 Å². The molecule has 0 heterocycles. The van der Waals surface area contributed by atoms with E-state index in [0.29, 0.717) is 0 Å². The Morgan fingerprint density at radius 1 is 1.25 bits per heavy atom. The maximum atomic E-state index is 8.96. The lowest BCUT2D eigenvalue weighted by molar-refractivity contribution is 0.297. The summed E-state index contributed by atoms with van der Waals surface area (Å²) in [6.45, 7) is 6.23. The van der Waals surface area contributed by atoms with Gasteiger partial charge in [-0.05, 0) is 31.3 Å². The van der Waals surface area contributed by atoms with Crippen molar-refractivity contribution in [2.45, 2.75) is 25.7 Å². The van der Waals surface area contributed by atoms with Gasteiger partial charge in [0.05, 0.1) is 6.07 Å². The van der Waals surface area contributed by atoms with Gasteiger partial charge in [-0.25, -0.2) is 0 Å². The zero-order chi connectivity index (χ0) is 12.0. The van der Waals surface area contributed by atoms with Gasteiger partial charge in [0.25, 0.3) is 0 Å². The van der Waals surface area contributed by atoms with Gasteiger partial charge >= 0.3 is 0 Å². The van der Waals surface area contributed by atoms with Gasteiger partial charge in [-0.2, -0.15) is 5.26 Å². The summed E-state index contributed by atoms with van der Waals surface area (Å²) >= 11 is 0. The lowest BCUT2D eigenvalue weighted by atomic mass is 10.2. The normalized spacial score (nSPS) is 13.6. The van der Waals surface area contributed by atoms with Crippen molar-refractivity contribution in [2.75, 3.05) is 0 Å². The SMILES string of the molecule is C[Si](C)(C)O[C@H](C#N)/C=C/c1ccccc1. The lowest BCUT2D eigenvalue weighted by Crippen LogP contribution is -2.30. The van der Waals surface area contributed by atoms with Crippen LogP contribution in [0.3, 0.4) is 0 Å². The third-order valence-electron chi connectivity index (χ3n) is 1.87. The Balaban J connectivity index is 2.65. The first-order chi connectivity index (χ1) is 7.51. The van der Waals surface area contributed by atoms with E-state index in [9.17, 15) is 0 Å². The molecule has 0 aliphatic rings. The van der Waals surface area contributed by atoms with Crippen LogP contribution in [-0.4, -0.2) is 14.4 Å². The molecule has 0 saturated carbocycles. The summed E-state index contributed by atoms with van der Waals surface area (Å²) in [6, 6.07) is 12.1. The summed E-state index contributed by atoms with van der Waals surface area (Å²) in [5.74, 6) is 0. The maximum absolute atomic E-state index is 8.96. The van der Waals surface area contributed by atoms with E-state index in [0.717, 1.165) is 5.56 Å². The zero-order valence-corrected chi connectivity index (χ0v) is 11.0. The molecule has 0 bridgehead atoms. The zero-order valence-electron chi connectivity index (χ0n) is 9.97. The number of benzene rings is 1. The molecule has 16 heavy (non-hydrogen) atoms. The molecule has 0 N–H and O–H groups in total. The van der Waals surface area contributed by atoms with Crippen molar-refractivity contribution < 1.29 is 4.43 Å². The third kappa shape index (κ3) is 4.92. The Hall–Kier alpha value is -1.37. The van der Waals surface area contributed by atoms with Crippen LogP contribution >= 0.6 is 0 Å². The minimum absolute atomic E-state index is 0.438. The van der Waals surface area contributed by atoms with Crippen LogP contribution in [0.5, 0.6) is 0 Å². The molecule has 0 aliphatic carbocycles. The number of rotatable bonds is 4. The summed E-state index contributed by atoms with van der Waals surface area (Å²) in [4.78, 5) is 0. The fourth-order valence-corrected chi connectivity index (χ4v) is 2.15. The topological polar surface area (TPSA) is 33.0 Å². The molecule has 0 saturated heterocycles. The standard InChI is InChI=1S/C13H17NOSi/c1-16(2,3)15-13(11-14)10-9-12-7-5-4-6-8-12/h4-10,13H,1-3H3/b10-9+/t13-/m0/s1. The summed E-state index contributed by atoms with van der Waals surface area (Å²) in [6.07, 6.45) is 3.30.